The number of ketones is 1. The highest BCUT2D eigenvalue weighted by Gasteiger charge is 2.22. The molecule has 1 aliphatic heterocycles. The molecule has 0 aromatic heterocycles. The van der Waals surface area contributed by atoms with Gasteiger partial charge in [-0.2, -0.15) is 0 Å². The van der Waals surface area contributed by atoms with E-state index in [-0.39, 0.29) is 6.42 Å². The van der Waals surface area contributed by atoms with Crippen LogP contribution in [0.5, 0.6) is 0 Å². The van der Waals surface area contributed by atoms with E-state index in [1.54, 1.807) is 0 Å². The number of carbonyl (C=O) groups is 3. The molecule has 6 heteroatoms. The molecular formula is C7H5NO5. The highest BCUT2D eigenvalue weighted by atomic mass is 16.4. The average molecular weight is 183 g/mol. The van der Waals surface area contributed by atoms with Crippen molar-refractivity contribution in [2.45, 2.75) is 6.42 Å². The van der Waals surface area contributed by atoms with Gasteiger partial charge in [-0.25, -0.2) is 14.6 Å². The second kappa shape index (κ2) is 3.18. The minimum atomic E-state index is -1.41. The monoisotopic (exact) mass is 183 g/mol. The Kier molecular flexibility index (Phi) is 2.23. The minimum absolute atomic E-state index is 0.355. The van der Waals surface area contributed by atoms with Crippen molar-refractivity contribution in [1.82, 2.24) is 0 Å². The third kappa shape index (κ3) is 1.98. The molecule has 0 aromatic rings. The van der Waals surface area contributed by atoms with Crippen LogP contribution in [0.1, 0.15) is 6.42 Å². The number of hydrogen-bond donors (Lipinski definition) is 2. The first-order valence-electron chi connectivity index (χ1n) is 3.29. The number of hydrogen-bond acceptors (Lipinski definition) is 4. The molecule has 0 amide bonds. The van der Waals surface area contributed by atoms with Crippen molar-refractivity contribution in [3.63, 3.8) is 0 Å². The van der Waals surface area contributed by atoms with E-state index < -0.39 is 29.1 Å². The summed E-state index contributed by atoms with van der Waals surface area (Å²) in [5.74, 6) is -3.35. The van der Waals surface area contributed by atoms with Gasteiger partial charge < -0.3 is 10.2 Å². The zero-order chi connectivity index (χ0) is 10.0. The first-order chi connectivity index (χ1) is 6.00. The molecule has 13 heavy (non-hydrogen) atoms. The highest BCUT2D eigenvalue weighted by molar-refractivity contribution is 6.41. The Morgan fingerprint density at radius 3 is 2.38 bits per heavy atom. The van der Waals surface area contributed by atoms with E-state index in [1.165, 1.54) is 0 Å². The van der Waals surface area contributed by atoms with Crippen LogP contribution in [0.25, 0.3) is 0 Å². The first-order valence-corrected chi connectivity index (χ1v) is 3.29. The van der Waals surface area contributed by atoms with Crippen LogP contribution in [0.3, 0.4) is 0 Å². The molecule has 0 fully saturated rings. The molecule has 0 bridgehead atoms. The summed E-state index contributed by atoms with van der Waals surface area (Å²) < 4.78 is 0. The second-order valence-corrected chi connectivity index (χ2v) is 2.34. The van der Waals surface area contributed by atoms with Crippen LogP contribution in [0.15, 0.2) is 16.8 Å². The summed E-state index contributed by atoms with van der Waals surface area (Å²) in [6.07, 6.45) is 0.459. The Morgan fingerprint density at radius 2 is 1.92 bits per heavy atom. The molecule has 0 saturated carbocycles. The standard InChI is InChI=1S/C7H5NO5/c9-3-1-4(6(10)11)8-5(2-3)7(12)13/h1H,2H2,(H,10,11)(H,12,13). The third-order valence-electron chi connectivity index (χ3n) is 1.36. The number of allylic oxidation sites excluding steroid dienone is 1. The third-order valence-corrected chi connectivity index (χ3v) is 1.36. The smallest absolute Gasteiger partial charge is 0.354 e. The van der Waals surface area contributed by atoms with Crippen molar-refractivity contribution < 1.29 is 24.6 Å². The summed E-state index contributed by atoms with van der Waals surface area (Å²) in [5.41, 5.74) is -0.974. The number of aliphatic carboxylic acids is 2. The summed E-state index contributed by atoms with van der Waals surface area (Å²) >= 11 is 0. The minimum Gasteiger partial charge on any atom is -0.477 e. The van der Waals surface area contributed by atoms with E-state index in [4.69, 9.17) is 10.2 Å². The number of aliphatic imine (C=N–C) groups is 1. The molecule has 6 nitrogen and oxygen atoms in total. The molecule has 2 N–H and O–H groups in total. The highest BCUT2D eigenvalue weighted by Crippen LogP contribution is 2.08. The van der Waals surface area contributed by atoms with E-state index in [2.05, 4.69) is 4.99 Å². The quantitative estimate of drug-likeness (QED) is 0.597. The van der Waals surface area contributed by atoms with Crippen molar-refractivity contribution in [3.05, 3.63) is 11.8 Å². The summed E-state index contributed by atoms with van der Waals surface area (Å²) in [4.78, 5) is 34.8. The summed E-state index contributed by atoms with van der Waals surface area (Å²) in [7, 11) is 0. The normalized spacial score (nSPS) is 16.2. The van der Waals surface area contributed by atoms with Gasteiger partial charge in [0.15, 0.2) is 11.5 Å². The maximum atomic E-state index is 10.8. The average Bonchev–Trinajstić information content (AvgIpc) is 2.03. The van der Waals surface area contributed by atoms with E-state index in [9.17, 15) is 14.4 Å². The van der Waals surface area contributed by atoms with Crippen LogP contribution in [-0.4, -0.2) is 33.6 Å². The van der Waals surface area contributed by atoms with Gasteiger partial charge in [-0.3, -0.25) is 4.79 Å². The largest absolute Gasteiger partial charge is 0.477 e. The van der Waals surface area contributed by atoms with Crippen LogP contribution >= 0.6 is 0 Å². The summed E-state index contributed by atoms with van der Waals surface area (Å²) in [5, 5.41) is 16.9. The number of rotatable bonds is 2. The Hall–Kier alpha value is -1.98. The van der Waals surface area contributed by atoms with Gasteiger partial charge in [0.25, 0.3) is 0 Å². The first kappa shape index (κ1) is 9.11. The molecule has 0 spiro atoms. The van der Waals surface area contributed by atoms with Gasteiger partial charge in [0.2, 0.25) is 0 Å². The molecule has 0 radical (unpaired) electrons. The van der Waals surface area contributed by atoms with E-state index in [0.717, 1.165) is 6.08 Å². The SMILES string of the molecule is O=C1C=C(C(=O)O)N=C(C(=O)O)C1. The Balaban J connectivity index is 3.05. The molecule has 0 aliphatic carbocycles. The molecule has 1 aliphatic rings. The summed E-state index contributed by atoms with van der Waals surface area (Å²) in [6.45, 7) is 0. The van der Waals surface area contributed by atoms with Crippen molar-refractivity contribution in [3.8, 4) is 0 Å². The predicted molar refractivity (Wildman–Crippen MR) is 40.4 cm³/mol. The molecule has 68 valence electrons. The lowest BCUT2D eigenvalue weighted by molar-refractivity contribution is -0.133. The molecule has 0 unspecified atom stereocenters. The number of carboxylic acid groups (broad SMARTS) is 2. The number of nitrogens with zero attached hydrogens (tertiary/aromatic N) is 1. The zero-order valence-electron chi connectivity index (χ0n) is 6.35. The van der Waals surface area contributed by atoms with Crippen LogP contribution in [0.4, 0.5) is 0 Å². The van der Waals surface area contributed by atoms with Crippen LogP contribution in [-0.2, 0) is 14.4 Å². The van der Waals surface area contributed by atoms with E-state index >= 15 is 0 Å². The van der Waals surface area contributed by atoms with Gasteiger partial charge >= 0.3 is 11.9 Å². The van der Waals surface area contributed by atoms with Crippen LogP contribution in [0.2, 0.25) is 0 Å². The van der Waals surface area contributed by atoms with E-state index in [0.29, 0.717) is 0 Å². The van der Waals surface area contributed by atoms with Crippen molar-refractivity contribution in [2.75, 3.05) is 0 Å². The second-order valence-electron chi connectivity index (χ2n) is 2.34. The topological polar surface area (TPSA) is 104 Å². The van der Waals surface area contributed by atoms with Crippen molar-refractivity contribution >= 4 is 23.4 Å². The Morgan fingerprint density at radius 1 is 1.31 bits per heavy atom. The Labute approximate surface area is 72.2 Å². The lowest BCUT2D eigenvalue weighted by Crippen LogP contribution is -2.22. The lowest BCUT2D eigenvalue weighted by Gasteiger charge is -2.04. The van der Waals surface area contributed by atoms with E-state index in [1.807, 2.05) is 0 Å². The van der Waals surface area contributed by atoms with Crippen molar-refractivity contribution in [1.29, 1.82) is 0 Å². The maximum absolute atomic E-state index is 10.8. The van der Waals surface area contributed by atoms with Gasteiger partial charge in [-0.15, -0.1) is 0 Å². The van der Waals surface area contributed by atoms with Gasteiger partial charge in [0, 0.05) is 6.08 Å². The molecule has 1 heterocycles. The fourth-order valence-electron chi connectivity index (χ4n) is 0.819. The summed E-state index contributed by atoms with van der Waals surface area (Å²) in [6, 6.07) is 0. The van der Waals surface area contributed by atoms with Crippen LogP contribution < -0.4 is 0 Å². The fraction of sp³-hybridized carbons (Fsp3) is 0.143. The molecule has 1 rings (SSSR count). The Bertz CT molecular complexity index is 352. The van der Waals surface area contributed by atoms with Crippen LogP contribution in [0, 0.1) is 0 Å². The number of carboxylic acids is 2. The number of carbonyl (C=O) groups excluding carboxylic acids is 1. The molecule has 0 aromatic carbocycles. The van der Waals surface area contributed by atoms with Gasteiger partial charge in [-0.1, -0.05) is 0 Å². The van der Waals surface area contributed by atoms with Crippen molar-refractivity contribution in [2.24, 2.45) is 4.99 Å². The zero-order valence-corrected chi connectivity index (χ0v) is 6.35. The molecule has 0 saturated heterocycles. The van der Waals surface area contributed by atoms with Gasteiger partial charge in [0.1, 0.15) is 5.71 Å². The lowest BCUT2D eigenvalue weighted by atomic mass is 10.1. The molecular weight excluding hydrogens is 178 g/mol. The predicted octanol–water partition coefficient (Wildman–Crippen LogP) is -0.547. The fourth-order valence-corrected chi connectivity index (χ4v) is 0.819. The molecule has 0 atom stereocenters. The van der Waals surface area contributed by atoms with Gasteiger partial charge in [0.05, 0.1) is 6.42 Å². The van der Waals surface area contributed by atoms with Gasteiger partial charge in [-0.05, 0) is 0 Å². The maximum Gasteiger partial charge on any atom is 0.354 e.